The van der Waals surface area contributed by atoms with Crippen molar-refractivity contribution in [1.29, 1.82) is 0 Å². The number of nitrogens with one attached hydrogen (secondary N) is 1. The zero-order valence-corrected chi connectivity index (χ0v) is 10.6. The molecule has 1 aliphatic heterocycles. The maximum atomic E-state index is 13.7. The first kappa shape index (κ1) is 14.2. The minimum absolute atomic E-state index is 0.144. The number of carbonyl (C=O) groups is 1. The minimum atomic E-state index is -0.877. The summed E-state index contributed by atoms with van der Waals surface area (Å²) in [6, 6.07) is 1.66. The SMILES string of the molecule is Nc1c([N+](=O)[O-])ccc(F)c1C(=O)NC1CCOCC1. The lowest BCUT2D eigenvalue weighted by Gasteiger charge is -2.23. The van der Waals surface area contributed by atoms with Crippen LogP contribution in [0, 0.1) is 15.9 Å². The van der Waals surface area contributed by atoms with Crippen LogP contribution in [0.25, 0.3) is 0 Å². The zero-order chi connectivity index (χ0) is 14.7. The number of nitrogen functional groups attached to an aromatic ring is 1. The van der Waals surface area contributed by atoms with Crippen molar-refractivity contribution in [1.82, 2.24) is 5.32 Å². The minimum Gasteiger partial charge on any atom is -0.392 e. The summed E-state index contributed by atoms with van der Waals surface area (Å²) in [5, 5.41) is 13.4. The van der Waals surface area contributed by atoms with E-state index in [0.717, 1.165) is 12.1 Å². The van der Waals surface area contributed by atoms with Gasteiger partial charge in [0.2, 0.25) is 0 Å². The standard InChI is InChI=1S/C12H14FN3O4/c13-8-1-2-9(16(18)19)11(14)10(8)12(17)15-7-3-5-20-6-4-7/h1-2,7H,3-6,14H2,(H,15,17). The maximum absolute atomic E-state index is 13.7. The average Bonchev–Trinajstić information content (AvgIpc) is 2.39. The second-order valence-electron chi connectivity index (χ2n) is 4.47. The molecule has 0 bridgehead atoms. The van der Waals surface area contributed by atoms with Crippen LogP contribution in [0.1, 0.15) is 23.2 Å². The second-order valence-corrected chi connectivity index (χ2v) is 4.47. The van der Waals surface area contributed by atoms with Gasteiger partial charge in [0.05, 0.1) is 4.92 Å². The third kappa shape index (κ3) is 2.85. The molecule has 1 aromatic rings. The lowest BCUT2D eigenvalue weighted by atomic mass is 10.1. The zero-order valence-electron chi connectivity index (χ0n) is 10.6. The molecule has 0 saturated carbocycles. The van der Waals surface area contributed by atoms with E-state index in [-0.39, 0.29) is 6.04 Å². The van der Waals surface area contributed by atoms with Crippen molar-refractivity contribution in [3.63, 3.8) is 0 Å². The van der Waals surface area contributed by atoms with Crippen LogP contribution in [-0.2, 0) is 4.74 Å². The first-order valence-electron chi connectivity index (χ1n) is 6.11. The van der Waals surface area contributed by atoms with Crippen molar-refractivity contribution in [3.8, 4) is 0 Å². The van der Waals surface area contributed by atoms with Gasteiger partial charge >= 0.3 is 0 Å². The van der Waals surface area contributed by atoms with E-state index in [1.54, 1.807) is 0 Å². The second kappa shape index (κ2) is 5.83. The van der Waals surface area contributed by atoms with Gasteiger partial charge in [0.25, 0.3) is 11.6 Å². The number of nitrogens with two attached hydrogens (primary N) is 1. The molecule has 108 valence electrons. The predicted octanol–water partition coefficient (Wildman–Crippen LogP) is 1.22. The number of amides is 1. The molecule has 0 radical (unpaired) electrons. The molecule has 1 aromatic carbocycles. The highest BCUT2D eigenvalue weighted by atomic mass is 19.1. The summed E-state index contributed by atoms with van der Waals surface area (Å²) in [6.07, 6.45) is 1.23. The van der Waals surface area contributed by atoms with E-state index in [9.17, 15) is 19.3 Å². The quantitative estimate of drug-likeness (QED) is 0.492. The van der Waals surface area contributed by atoms with Gasteiger partial charge in [-0.3, -0.25) is 14.9 Å². The van der Waals surface area contributed by atoms with Crippen LogP contribution in [0.2, 0.25) is 0 Å². The van der Waals surface area contributed by atoms with Crippen LogP contribution in [0.4, 0.5) is 15.8 Å². The van der Waals surface area contributed by atoms with Crippen LogP contribution < -0.4 is 11.1 Å². The molecule has 1 saturated heterocycles. The Kier molecular flexibility index (Phi) is 4.14. The number of rotatable bonds is 3. The lowest BCUT2D eigenvalue weighted by Crippen LogP contribution is -2.39. The molecule has 20 heavy (non-hydrogen) atoms. The molecular formula is C12H14FN3O4. The third-order valence-electron chi connectivity index (χ3n) is 3.15. The average molecular weight is 283 g/mol. The maximum Gasteiger partial charge on any atom is 0.293 e. The van der Waals surface area contributed by atoms with Crippen molar-refractivity contribution in [2.75, 3.05) is 18.9 Å². The first-order chi connectivity index (χ1) is 9.50. The fraction of sp³-hybridized carbons (Fsp3) is 0.417. The van der Waals surface area contributed by atoms with Crippen molar-refractivity contribution >= 4 is 17.3 Å². The molecule has 2 rings (SSSR count). The van der Waals surface area contributed by atoms with E-state index >= 15 is 0 Å². The predicted molar refractivity (Wildman–Crippen MR) is 68.8 cm³/mol. The number of carbonyl (C=O) groups excluding carboxylic acids is 1. The van der Waals surface area contributed by atoms with Crippen molar-refractivity contribution in [3.05, 3.63) is 33.6 Å². The van der Waals surface area contributed by atoms with Crippen LogP contribution in [0.3, 0.4) is 0 Å². The number of benzene rings is 1. The van der Waals surface area contributed by atoms with Gasteiger partial charge in [-0.2, -0.15) is 0 Å². The Morgan fingerprint density at radius 1 is 1.45 bits per heavy atom. The van der Waals surface area contributed by atoms with Gasteiger partial charge < -0.3 is 15.8 Å². The molecule has 8 heteroatoms. The first-order valence-corrected chi connectivity index (χ1v) is 6.11. The van der Waals surface area contributed by atoms with Gasteiger partial charge in [-0.15, -0.1) is 0 Å². The smallest absolute Gasteiger partial charge is 0.293 e. The fourth-order valence-corrected chi connectivity index (χ4v) is 2.07. The monoisotopic (exact) mass is 283 g/mol. The topological polar surface area (TPSA) is 107 Å². The number of hydrogen-bond donors (Lipinski definition) is 2. The summed E-state index contributed by atoms with van der Waals surface area (Å²) in [7, 11) is 0. The highest BCUT2D eigenvalue weighted by Crippen LogP contribution is 2.27. The van der Waals surface area contributed by atoms with Crippen LogP contribution in [-0.4, -0.2) is 30.1 Å². The summed E-state index contributed by atoms with van der Waals surface area (Å²) in [6.45, 7) is 1.02. The Balaban J connectivity index is 2.24. The molecule has 1 aliphatic rings. The Bertz CT molecular complexity index is 544. The van der Waals surface area contributed by atoms with Crippen LogP contribution in [0.15, 0.2) is 12.1 Å². The van der Waals surface area contributed by atoms with E-state index in [2.05, 4.69) is 5.32 Å². The van der Waals surface area contributed by atoms with Gasteiger partial charge in [-0.1, -0.05) is 0 Å². The summed E-state index contributed by atoms with van der Waals surface area (Å²) in [4.78, 5) is 22.0. The van der Waals surface area contributed by atoms with Crippen LogP contribution >= 0.6 is 0 Å². The van der Waals surface area contributed by atoms with Crippen molar-refractivity contribution in [2.24, 2.45) is 0 Å². The Labute approximate surface area is 114 Å². The molecule has 1 fully saturated rings. The largest absolute Gasteiger partial charge is 0.392 e. The summed E-state index contributed by atoms with van der Waals surface area (Å²) in [5.74, 6) is -1.62. The van der Waals surface area contributed by atoms with Gasteiger partial charge in [0.15, 0.2) is 0 Å². The van der Waals surface area contributed by atoms with Crippen molar-refractivity contribution in [2.45, 2.75) is 18.9 Å². The number of hydrogen-bond acceptors (Lipinski definition) is 5. The molecule has 0 atom stereocenters. The Hall–Kier alpha value is -2.22. The fourth-order valence-electron chi connectivity index (χ4n) is 2.07. The van der Waals surface area contributed by atoms with E-state index in [1.807, 2.05) is 0 Å². The molecule has 1 amide bonds. The summed E-state index contributed by atoms with van der Waals surface area (Å²) < 4.78 is 18.9. The van der Waals surface area contributed by atoms with Crippen LogP contribution in [0.5, 0.6) is 0 Å². The normalized spacial score (nSPS) is 15.8. The number of halogens is 1. The van der Waals surface area contributed by atoms with Gasteiger partial charge in [-0.25, -0.2) is 4.39 Å². The highest BCUT2D eigenvalue weighted by molar-refractivity contribution is 6.01. The highest BCUT2D eigenvalue weighted by Gasteiger charge is 2.25. The van der Waals surface area contributed by atoms with E-state index in [0.29, 0.717) is 26.1 Å². The molecule has 0 unspecified atom stereocenters. The van der Waals surface area contributed by atoms with Gasteiger partial charge in [0.1, 0.15) is 17.1 Å². The summed E-state index contributed by atoms with van der Waals surface area (Å²) >= 11 is 0. The number of nitro benzene ring substituents is 1. The molecule has 0 aliphatic carbocycles. The molecule has 0 spiro atoms. The molecule has 1 heterocycles. The molecule has 7 nitrogen and oxygen atoms in total. The Morgan fingerprint density at radius 2 is 2.10 bits per heavy atom. The van der Waals surface area contributed by atoms with E-state index in [1.165, 1.54) is 0 Å². The Morgan fingerprint density at radius 3 is 2.70 bits per heavy atom. The number of nitro groups is 1. The number of anilines is 1. The van der Waals surface area contributed by atoms with Crippen molar-refractivity contribution < 1.29 is 18.8 Å². The lowest BCUT2D eigenvalue weighted by molar-refractivity contribution is -0.384. The summed E-state index contributed by atoms with van der Waals surface area (Å²) in [5.41, 5.74) is 4.10. The van der Waals surface area contributed by atoms with Gasteiger partial charge in [0, 0.05) is 25.3 Å². The molecule has 0 aromatic heterocycles. The number of nitrogens with zero attached hydrogens (tertiary/aromatic N) is 1. The molecule has 3 N–H and O–H groups in total. The van der Waals surface area contributed by atoms with Gasteiger partial charge in [-0.05, 0) is 18.9 Å². The molecular weight excluding hydrogens is 269 g/mol. The van der Waals surface area contributed by atoms with E-state index in [4.69, 9.17) is 10.5 Å². The van der Waals surface area contributed by atoms with E-state index < -0.39 is 33.6 Å². The third-order valence-corrected chi connectivity index (χ3v) is 3.15. The number of ether oxygens (including phenoxy) is 1.